The van der Waals surface area contributed by atoms with Gasteiger partial charge in [0, 0.05) is 22.7 Å². The summed E-state index contributed by atoms with van der Waals surface area (Å²) in [6.45, 7) is -0.153. The van der Waals surface area contributed by atoms with Gasteiger partial charge in [-0.15, -0.1) is 0 Å². The molecule has 1 aromatic carbocycles. The zero-order valence-electron chi connectivity index (χ0n) is 13.8. The lowest BCUT2D eigenvalue weighted by Crippen LogP contribution is -2.30. The molecule has 0 aliphatic carbocycles. The number of nitrogens with one attached hydrogen (secondary N) is 1. The Labute approximate surface area is 163 Å². The summed E-state index contributed by atoms with van der Waals surface area (Å²) in [6, 6.07) is 7.57. The number of amides is 1. The molecular weight excluding hydrogens is 399 g/mol. The van der Waals surface area contributed by atoms with Gasteiger partial charge >= 0.3 is 11.9 Å². The Morgan fingerprint density at radius 2 is 2.04 bits per heavy atom. The summed E-state index contributed by atoms with van der Waals surface area (Å²) in [6.07, 6.45) is 2.70. The summed E-state index contributed by atoms with van der Waals surface area (Å²) in [5.41, 5.74) is 0.828. The summed E-state index contributed by atoms with van der Waals surface area (Å²) in [7, 11) is 0. The molecule has 0 unspecified atom stereocenters. The Morgan fingerprint density at radius 1 is 1.26 bits per heavy atom. The van der Waals surface area contributed by atoms with Crippen LogP contribution in [0.4, 0.5) is 5.88 Å². The molecule has 1 heterocycles. The Bertz CT molecular complexity index is 878. The topological polar surface area (TPSA) is 112 Å². The number of rotatable bonds is 8. The van der Waals surface area contributed by atoms with E-state index < -0.39 is 29.3 Å². The molecule has 0 aliphatic rings. The maximum Gasteiger partial charge on any atom is 0.433 e. The second-order valence-electron chi connectivity index (χ2n) is 5.21. The predicted molar refractivity (Wildman–Crippen MR) is 98.5 cm³/mol. The van der Waals surface area contributed by atoms with Gasteiger partial charge < -0.3 is 14.5 Å². The van der Waals surface area contributed by atoms with Crippen LogP contribution in [0.25, 0.3) is 6.08 Å². The van der Waals surface area contributed by atoms with Crippen LogP contribution in [0.15, 0.2) is 40.8 Å². The highest BCUT2D eigenvalue weighted by Crippen LogP contribution is 2.21. The van der Waals surface area contributed by atoms with Gasteiger partial charge in [-0.2, -0.15) is 0 Å². The molecule has 27 heavy (non-hydrogen) atoms. The number of ether oxygens (including phenoxy) is 1. The average molecular weight is 413 g/mol. The van der Waals surface area contributed by atoms with Crippen molar-refractivity contribution in [1.29, 1.82) is 0 Å². The summed E-state index contributed by atoms with van der Waals surface area (Å²) in [5.74, 6) is -1.59. The highest BCUT2D eigenvalue weighted by molar-refractivity contribution is 6.35. The molecule has 10 heteroatoms. The Kier molecular flexibility index (Phi) is 7.39. The van der Waals surface area contributed by atoms with E-state index in [9.17, 15) is 19.7 Å². The first-order valence-electron chi connectivity index (χ1n) is 7.65. The summed E-state index contributed by atoms with van der Waals surface area (Å²) >= 11 is 11.8. The number of nitrogens with zero attached hydrogens (tertiary/aromatic N) is 1. The fourth-order valence-corrected chi connectivity index (χ4v) is 2.48. The fourth-order valence-electron chi connectivity index (χ4n) is 1.98. The largest absolute Gasteiger partial charge is 0.452 e. The minimum atomic E-state index is -0.787. The van der Waals surface area contributed by atoms with Crippen LogP contribution in [-0.2, 0) is 20.7 Å². The molecule has 142 valence electrons. The van der Waals surface area contributed by atoms with Crippen molar-refractivity contribution in [3.8, 4) is 0 Å². The molecule has 0 fully saturated rings. The van der Waals surface area contributed by atoms with Crippen LogP contribution in [0.2, 0.25) is 10.0 Å². The maximum absolute atomic E-state index is 11.7. The van der Waals surface area contributed by atoms with Crippen LogP contribution in [0, 0.1) is 10.1 Å². The SMILES string of the molecule is O=C(COC(=O)/C=C/c1ccc([N+](=O)[O-])o1)NCCc1ccc(Cl)cc1Cl. The summed E-state index contributed by atoms with van der Waals surface area (Å²) in [5, 5.41) is 14.1. The first-order valence-corrected chi connectivity index (χ1v) is 8.40. The second-order valence-corrected chi connectivity index (χ2v) is 6.05. The molecule has 1 aromatic heterocycles. The van der Waals surface area contributed by atoms with Gasteiger partial charge in [0.2, 0.25) is 0 Å². The number of furan rings is 1. The normalized spacial score (nSPS) is 10.7. The highest BCUT2D eigenvalue weighted by Gasteiger charge is 2.11. The minimum absolute atomic E-state index is 0.114. The van der Waals surface area contributed by atoms with Gasteiger partial charge in [0.25, 0.3) is 5.91 Å². The van der Waals surface area contributed by atoms with Crippen LogP contribution < -0.4 is 5.32 Å². The van der Waals surface area contributed by atoms with Gasteiger partial charge in [0.05, 0.1) is 6.07 Å². The Balaban J connectivity index is 1.70. The van der Waals surface area contributed by atoms with Gasteiger partial charge in [-0.3, -0.25) is 14.9 Å². The number of carbonyl (C=O) groups excluding carboxylic acids is 2. The number of hydrogen-bond donors (Lipinski definition) is 1. The van der Waals surface area contributed by atoms with E-state index in [2.05, 4.69) is 5.32 Å². The van der Waals surface area contributed by atoms with Gasteiger partial charge in [-0.05, 0) is 36.3 Å². The minimum Gasteiger partial charge on any atom is -0.452 e. The molecule has 8 nitrogen and oxygen atoms in total. The third kappa shape index (κ3) is 6.76. The summed E-state index contributed by atoms with van der Waals surface area (Å²) < 4.78 is 9.61. The average Bonchev–Trinajstić information content (AvgIpc) is 3.09. The van der Waals surface area contributed by atoms with Gasteiger partial charge in [0.15, 0.2) is 6.61 Å². The standard InChI is InChI=1S/C17H14Cl2N2O6/c18-12-2-1-11(14(19)9-12)7-8-20-15(22)10-26-17(23)6-4-13-3-5-16(27-13)21(24)25/h1-6,9H,7-8,10H2,(H,20,22)/b6-4+. The zero-order chi connectivity index (χ0) is 19.8. The van der Waals surface area contributed by atoms with Crippen molar-refractivity contribution >= 4 is 47.0 Å². The molecular formula is C17H14Cl2N2O6. The van der Waals surface area contributed by atoms with Crippen LogP contribution in [0.3, 0.4) is 0 Å². The molecule has 1 N–H and O–H groups in total. The van der Waals surface area contributed by atoms with E-state index in [1.807, 2.05) is 0 Å². The van der Waals surface area contributed by atoms with Crippen molar-refractivity contribution in [3.05, 3.63) is 67.9 Å². The first kappa shape index (κ1) is 20.5. The lowest BCUT2D eigenvalue weighted by atomic mass is 10.1. The lowest BCUT2D eigenvalue weighted by Gasteiger charge is -2.07. The van der Waals surface area contributed by atoms with E-state index >= 15 is 0 Å². The number of esters is 1. The lowest BCUT2D eigenvalue weighted by molar-refractivity contribution is -0.402. The molecule has 0 atom stereocenters. The first-order chi connectivity index (χ1) is 12.8. The van der Waals surface area contributed by atoms with E-state index in [-0.39, 0.29) is 5.76 Å². The van der Waals surface area contributed by atoms with Crippen molar-refractivity contribution < 1.29 is 23.7 Å². The molecule has 0 aliphatic heterocycles. The van der Waals surface area contributed by atoms with Crippen LogP contribution in [0.5, 0.6) is 0 Å². The van der Waals surface area contributed by atoms with E-state index in [4.69, 9.17) is 32.4 Å². The van der Waals surface area contributed by atoms with E-state index in [1.54, 1.807) is 18.2 Å². The predicted octanol–water partition coefficient (Wildman–Crippen LogP) is 3.41. The third-order valence-electron chi connectivity index (χ3n) is 3.25. The van der Waals surface area contributed by atoms with Crippen LogP contribution in [0.1, 0.15) is 11.3 Å². The van der Waals surface area contributed by atoms with Gasteiger partial charge in [-0.25, -0.2) is 4.79 Å². The molecule has 0 saturated carbocycles. The van der Waals surface area contributed by atoms with Crippen molar-refractivity contribution in [2.24, 2.45) is 0 Å². The van der Waals surface area contributed by atoms with E-state index in [1.165, 1.54) is 12.1 Å². The second kappa shape index (κ2) is 9.75. The van der Waals surface area contributed by atoms with Crippen LogP contribution in [-0.4, -0.2) is 30.0 Å². The van der Waals surface area contributed by atoms with Crippen LogP contribution >= 0.6 is 23.2 Å². The smallest absolute Gasteiger partial charge is 0.433 e. The Hall–Kier alpha value is -2.84. The zero-order valence-corrected chi connectivity index (χ0v) is 15.3. The van der Waals surface area contributed by atoms with Crippen molar-refractivity contribution in [1.82, 2.24) is 5.32 Å². The molecule has 0 bridgehead atoms. The highest BCUT2D eigenvalue weighted by atomic mass is 35.5. The number of nitro groups is 1. The number of hydrogen-bond acceptors (Lipinski definition) is 6. The van der Waals surface area contributed by atoms with Crippen molar-refractivity contribution in [2.75, 3.05) is 13.2 Å². The maximum atomic E-state index is 11.7. The molecule has 2 aromatic rings. The molecule has 0 radical (unpaired) electrons. The number of benzene rings is 1. The van der Waals surface area contributed by atoms with E-state index in [0.29, 0.717) is 23.0 Å². The fraction of sp³-hybridized carbons (Fsp3) is 0.176. The number of halogens is 2. The van der Waals surface area contributed by atoms with Crippen molar-refractivity contribution in [3.63, 3.8) is 0 Å². The molecule has 0 saturated heterocycles. The van der Waals surface area contributed by atoms with E-state index in [0.717, 1.165) is 17.7 Å². The summed E-state index contributed by atoms with van der Waals surface area (Å²) in [4.78, 5) is 33.0. The van der Waals surface area contributed by atoms with Gasteiger partial charge in [-0.1, -0.05) is 29.3 Å². The van der Waals surface area contributed by atoms with Gasteiger partial charge in [0.1, 0.15) is 10.7 Å². The third-order valence-corrected chi connectivity index (χ3v) is 3.84. The van der Waals surface area contributed by atoms with Crippen molar-refractivity contribution in [2.45, 2.75) is 6.42 Å². The quantitative estimate of drug-likeness (QED) is 0.307. The molecule has 2 rings (SSSR count). The monoisotopic (exact) mass is 412 g/mol. The number of carbonyl (C=O) groups is 2. The molecule has 1 amide bonds. The Morgan fingerprint density at radius 3 is 2.70 bits per heavy atom. The molecule has 0 spiro atoms.